The molecule has 1 aliphatic rings. The Morgan fingerprint density at radius 3 is 1.62 bits per heavy atom. The van der Waals surface area contributed by atoms with Crippen LogP contribution in [0.4, 0.5) is 0 Å². The molecular formula is C6H14OSi. The lowest BCUT2D eigenvalue weighted by molar-refractivity contribution is 0.407. The molecule has 0 aromatic carbocycles. The van der Waals surface area contributed by atoms with E-state index >= 15 is 0 Å². The first-order valence-electron chi connectivity index (χ1n) is 3.17. The lowest BCUT2D eigenvalue weighted by Crippen LogP contribution is -2.29. The molecule has 1 heterocycles. The second-order valence-electron chi connectivity index (χ2n) is 3.63. The number of rotatable bonds is 1. The zero-order chi connectivity index (χ0) is 6.36. The molecule has 0 aliphatic carbocycles. The highest BCUT2D eigenvalue weighted by atomic mass is 28.3. The van der Waals surface area contributed by atoms with Gasteiger partial charge in [-0.3, -0.25) is 0 Å². The highest BCUT2D eigenvalue weighted by Crippen LogP contribution is 2.30. The Morgan fingerprint density at radius 1 is 1.25 bits per heavy atom. The van der Waals surface area contributed by atoms with Gasteiger partial charge in [0.1, 0.15) is 0 Å². The van der Waals surface area contributed by atoms with Gasteiger partial charge >= 0.3 is 0 Å². The molecule has 2 atom stereocenters. The van der Waals surface area contributed by atoms with Gasteiger partial charge in [0.2, 0.25) is 0 Å². The second kappa shape index (κ2) is 1.58. The maximum Gasteiger partial charge on any atom is 0.0819 e. The monoisotopic (exact) mass is 130 g/mol. The molecule has 2 heteroatoms. The van der Waals surface area contributed by atoms with Gasteiger partial charge in [-0.1, -0.05) is 19.6 Å². The molecule has 2 unspecified atom stereocenters. The lowest BCUT2D eigenvalue weighted by atomic mass is 10.6. The van der Waals surface area contributed by atoms with E-state index in [0.29, 0.717) is 11.8 Å². The average molecular weight is 130 g/mol. The molecule has 1 fully saturated rings. The summed E-state index contributed by atoms with van der Waals surface area (Å²) in [6.45, 7) is 9.20. The van der Waals surface area contributed by atoms with Gasteiger partial charge in [-0.15, -0.1) is 0 Å². The van der Waals surface area contributed by atoms with Crippen molar-refractivity contribution in [1.29, 1.82) is 0 Å². The predicted octanol–water partition coefficient (Wildman–Crippen LogP) is 1.65. The maximum atomic E-state index is 5.34. The third-order valence-corrected chi connectivity index (χ3v) is 3.88. The zero-order valence-corrected chi connectivity index (χ0v) is 7.06. The molecule has 0 aromatic heterocycles. The quantitative estimate of drug-likeness (QED) is 0.388. The van der Waals surface area contributed by atoms with Crippen molar-refractivity contribution in [2.45, 2.75) is 38.4 Å². The van der Waals surface area contributed by atoms with Crippen molar-refractivity contribution >= 4 is 8.07 Å². The molecule has 8 heavy (non-hydrogen) atoms. The Morgan fingerprint density at radius 2 is 1.62 bits per heavy atom. The summed E-state index contributed by atoms with van der Waals surface area (Å²) in [5.41, 5.74) is 0.655. The minimum atomic E-state index is -0.909. The lowest BCUT2D eigenvalue weighted by Gasteiger charge is -2.09. The number of epoxide rings is 1. The van der Waals surface area contributed by atoms with Gasteiger partial charge in [0.25, 0.3) is 0 Å². The summed E-state index contributed by atoms with van der Waals surface area (Å²) in [6.07, 6.45) is 0.571. The van der Waals surface area contributed by atoms with Crippen LogP contribution >= 0.6 is 0 Å². The van der Waals surface area contributed by atoms with Crippen LogP contribution in [0.25, 0.3) is 0 Å². The van der Waals surface area contributed by atoms with E-state index in [0.717, 1.165) is 0 Å². The molecule has 1 saturated heterocycles. The van der Waals surface area contributed by atoms with E-state index in [-0.39, 0.29) is 0 Å². The molecule has 48 valence electrons. The molecule has 0 bridgehead atoms. The summed E-state index contributed by atoms with van der Waals surface area (Å²) in [7, 11) is -0.909. The van der Waals surface area contributed by atoms with Crippen LogP contribution < -0.4 is 0 Å². The molecule has 1 nitrogen and oxygen atoms in total. The average Bonchev–Trinajstić information content (AvgIpc) is 2.13. The number of hydrogen-bond donors (Lipinski definition) is 0. The minimum absolute atomic E-state index is 0.571. The molecule has 0 N–H and O–H groups in total. The van der Waals surface area contributed by atoms with E-state index in [1.54, 1.807) is 0 Å². The van der Waals surface area contributed by atoms with Crippen LogP contribution in [0.5, 0.6) is 0 Å². The third kappa shape index (κ3) is 1.12. The summed E-state index contributed by atoms with van der Waals surface area (Å²) in [5, 5.41) is 0. The summed E-state index contributed by atoms with van der Waals surface area (Å²) >= 11 is 0. The normalized spacial score (nSPS) is 37.5. The fraction of sp³-hybridized carbons (Fsp3) is 1.00. The molecule has 0 spiro atoms. The van der Waals surface area contributed by atoms with Crippen molar-refractivity contribution in [2.24, 2.45) is 0 Å². The van der Waals surface area contributed by atoms with E-state index in [9.17, 15) is 0 Å². The fourth-order valence-electron chi connectivity index (χ4n) is 1.09. The van der Waals surface area contributed by atoms with Crippen LogP contribution in [0.1, 0.15) is 6.92 Å². The molecular weight excluding hydrogens is 116 g/mol. The summed E-state index contributed by atoms with van der Waals surface area (Å²) < 4.78 is 5.34. The summed E-state index contributed by atoms with van der Waals surface area (Å²) in [4.78, 5) is 0. The van der Waals surface area contributed by atoms with Gasteiger partial charge in [-0.2, -0.15) is 0 Å². The Balaban J connectivity index is 2.39. The van der Waals surface area contributed by atoms with Crippen molar-refractivity contribution < 1.29 is 4.74 Å². The van der Waals surface area contributed by atoms with E-state index in [1.165, 1.54) is 0 Å². The molecule has 1 aliphatic heterocycles. The van der Waals surface area contributed by atoms with Crippen molar-refractivity contribution in [1.82, 2.24) is 0 Å². The first kappa shape index (κ1) is 6.30. The van der Waals surface area contributed by atoms with Gasteiger partial charge in [0.15, 0.2) is 0 Å². The number of ether oxygens (including phenoxy) is 1. The van der Waals surface area contributed by atoms with Crippen molar-refractivity contribution in [2.75, 3.05) is 0 Å². The largest absolute Gasteiger partial charge is 0.374 e. The van der Waals surface area contributed by atoms with Crippen LogP contribution in [-0.2, 0) is 4.74 Å². The van der Waals surface area contributed by atoms with Crippen LogP contribution in [0.2, 0.25) is 19.6 Å². The Bertz CT molecular complexity index is 95.2. The Labute approximate surface area is 52.1 Å². The molecule has 0 radical (unpaired) electrons. The van der Waals surface area contributed by atoms with Crippen molar-refractivity contribution in [3.05, 3.63) is 0 Å². The van der Waals surface area contributed by atoms with E-state index < -0.39 is 8.07 Å². The minimum Gasteiger partial charge on any atom is -0.374 e. The van der Waals surface area contributed by atoms with Crippen LogP contribution in [-0.4, -0.2) is 19.9 Å². The Hall–Kier alpha value is 0.177. The van der Waals surface area contributed by atoms with Crippen molar-refractivity contribution in [3.63, 3.8) is 0 Å². The zero-order valence-electron chi connectivity index (χ0n) is 6.06. The topological polar surface area (TPSA) is 12.5 Å². The van der Waals surface area contributed by atoms with Crippen molar-refractivity contribution in [3.8, 4) is 0 Å². The van der Waals surface area contributed by atoms with E-state index in [2.05, 4.69) is 26.6 Å². The first-order valence-corrected chi connectivity index (χ1v) is 6.75. The van der Waals surface area contributed by atoms with Gasteiger partial charge in [0.05, 0.1) is 19.9 Å². The van der Waals surface area contributed by atoms with E-state index in [4.69, 9.17) is 4.74 Å². The standard InChI is InChI=1S/C6H14OSi/c1-5-6(7-5)8(2,3)4/h5-6H,1-4H3. The smallest absolute Gasteiger partial charge is 0.0819 e. The summed E-state index contributed by atoms with van der Waals surface area (Å²) in [6, 6.07) is 0. The van der Waals surface area contributed by atoms with Crippen LogP contribution in [0.3, 0.4) is 0 Å². The molecule has 0 aromatic rings. The third-order valence-electron chi connectivity index (χ3n) is 1.56. The van der Waals surface area contributed by atoms with Gasteiger partial charge in [-0.25, -0.2) is 0 Å². The fourth-order valence-corrected chi connectivity index (χ4v) is 3.13. The second-order valence-corrected chi connectivity index (χ2v) is 8.93. The maximum absolute atomic E-state index is 5.34. The van der Waals surface area contributed by atoms with Crippen LogP contribution in [0, 0.1) is 0 Å². The van der Waals surface area contributed by atoms with Gasteiger partial charge in [-0.05, 0) is 6.92 Å². The van der Waals surface area contributed by atoms with Crippen LogP contribution in [0.15, 0.2) is 0 Å². The first-order chi connectivity index (χ1) is 3.52. The molecule has 1 rings (SSSR count). The molecule has 0 amide bonds. The molecule has 0 saturated carbocycles. The highest BCUT2D eigenvalue weighted by molar-refractivity contribution is 6.78. The van der Waals surface area contributed by atoms with E-state index in [1.807, 2.05) is 0 Å². The highest BCUT2D eigenvalue weighted by Gasteiger charge is 2.44. The SMILES string of the molecule is CC1OC1[Si](C)(C)C. The predicted molar refractivity (Wildman–Crippen MR) is 37.7 cm³/mol. The van der Waals surface area contributed by atoms with Gasteiger partial charge in [0, 0.05) is 0 Å². The summed E-state index contributed by atoms with van der Waals surface area (Å²) in [5.74, 6) is 0. The van der Waals surface area contributed by atoms with Gasteiger partial charge < -0.3 is 4.74 Å². The Kier molecular flexibility index (Phi) is 1.24. The number of hydrogen-bond acceptors (Lipinski definition) is 1.